The number of carbonyl (C=O) groups excluding carboxylic acids is 1. The van der Waals surface area contributed by atoms with Crippen LogP contribution in [0.1, 0.15) is 21.5 Å². The van der Waals surface area contributed by atoms with Crippen molar-refractivity contribution in [3.8, 4) is 0 Å². The van der Waals surface area contributed by atoms with E-state index in [1.165, 1.54) is 0 Å². The first kappa shape index (κ1) is 14.2. The Hall–Kier alpha value is -2.20. The molecule has 0 radical (unpaired) electrons. The maximum Gasteiger partial charge on any atom is 0.253 e. The number of hydrogen-bond donors (Lipinski definition) is 1. The van der Waals surface area contributed by atoms with Gasteiger partial charge in [-0.1, -0.05) is 18.2 Å². The molecule has 1 amide bonds. The lowest BCUT2D eigenvalue weighted by Gasteiger charge is -2.17. The molecule has 0 spiro atoms. The Morgan fingerprint density at radius 2 is 2.05 bits per heavy atom. The maximum atomic E-state index is 12.3. The Morgan fingerprint density at radius 3 is 2.75 bits per heavy atom. The number of amides is 1. The zero-order valence-electron chi connectivity index (χ0n) is 11.6. The van der Waals surface area contributed by atoms with Crippen LogP contribution in [0.5, 0.6) is 0 Å². The van der Waals surface area contributed by atoms with E-state index in [2.05, 4.69) is 4.98 Å². The van der Waals surface area contributed by atoms with Gasteiger partial charge in [0.1, 0.15) is 0 Å². The molecule has 2 N–H and O–H groups in total. The number of aromatic nitrogens is 1. The van der Waals surface area contributed by atoms with Gasteiger partial charge in [-0.15, -0.1) is 0 Å². The van der Waals surface area contributed by atoms with Crippen molar-refractivity contribution in [2.45, 2.75) is 13.0 Å². The van der Waals surface area contributed by atoms with E-state index in [9.17, 15) is 4.79 Å². The zero-order chi connectivity index (χ0) is 14.4. The fraction of sp³-hybridized carbons (Fsp3) is 0.250. The Kier molecular flexibility index (Phi) is 4.85. The van der Waals surface area contributed by atoms with Crippen molar-refractivity contribution >= 4 is 5.91 Å². The van der Waals surface area contributed by atoms with Crippen molar-refractivity contribution in [3.63, 3.8) is 0 Å². The summed E-state index contributed by atoms with van der Waals surface area (Å²) in [5.74, 6) is 0.0178. The Bertz CT molecular complexity index is 569. The van der Waals surface area contributed by atoms with E-state index in [-0.39, 0.29) is 5.91 Å². The summed E-state index contributed by atoms with van der Waals surface area (Å²) in [6, 6.07) is 11.4. The van der Waals surface area contributed by atoms with Crippen molar-refractivity contribution in [1.82, 2.24) is 9.88 Å². The highest BCUT2D eigenvalue weighted by Gasteiger charge is 2.11. The van der Waals surface area contributed by atoms with Crippen LogP contribution in [0.4, 0.5) is 0 Å². The fourth-order valence-corrected chi connectivity index (χ4v) is 2.00. The first-order valence-corrected chi connectivity index (χ1v) is 6.64. The second-order valence-electron chi connectivity index (χ2n) is 4.74. The van der Waals surface area contributed by atoms with Crippen LogP contribution in [-0.2, 0) is 13.0 Å². The average Bonchev–Trinajstić information content (AvgIpc) is 2.53. The van der Waals surface area contributed by atoms with Gasteiger partial charge >= 0.3 is 0 Å². The van der Waals surface area contributed by atoms with E-state index in [1.807, 2.05) is 49.6 Å². The van der Waals surface area contributed by atoms with Crippen LogP contribution < -0.4 is 5.73 Å². The molecule has 0 aliphatic carbocycles. The summed E-state index contributed by atoms with van der Waals surface area (Å²) in [5.41, 5.74) is 8.38. The summed E-state index contributed by atoms with van der Waals surface area (Å²) in [5, 5.41) is 0. The van der Waals surface area contributed by atoms with Gasteiger partial charge in [0.05, 0.1) is 0 Å². The van der Waals surface area contributed by atoms with Gasteiger partial charge in [-0.3, -0.25) is 9.78 Å². The largest absolute Gasteiger partial charge is 0.341 e. The molecule has 2 aromatic rings. The van der Waals surface area contributed by atoms with Crippen molar-refractivity contribution in [2.24, 2.45) is 5.73 Å². The highest BCUT2D eigenvalue weighted by Crippen LogP contribution is 2.08. The normalized spacial score (nSPS) is 10.3. The fourth-order valence-electron chi connectivity index (χ4n) is 2.00. The standard InChI is InChI=1S/C16H19N3O/c1-19(9-7-13-5-3-8-18-12-13)16(20)15-6-2-4-14(10-15)11-17/h2-6,8,10,12H,7,9,11,17H2,1H3. The molecular formula is C16H19N3O. The van der Waals surface area contributed by atoms with Crippen LogP contribution in [0.15, 0.2) is 48.8 Å². The number of hydrogen-bond acceptors (Lipinski definition) is 3. The molecule has 0 saturated carbocycles. The summed E-state index contributed by atoms with van der Waals surface area (Å²) in [4.78, 5) is 18.1. The summed E-state index contributed by atoms with van der Waals surface area (Å²) in [6.07, 6.45) is 4.37. The SMILES string of the molecule is CN(CCc1cccnc1)C(=O)c1cccc(CN)c1. The monoisotopic (exact) mass is 269 g/mol. The van der Waals surface area contributed by atoms with Crippen LogP contribution in [-0.4, -0.2) is 29.4 Å². The molecule has 4 nitrogen and oxygen atoms in total. The van der Waals surface area contributed by atoms with Crippen molar-refractivity contribution in [2.75, 3.05) is 13.6 Å². The van der Waals surface area contributed by atoms with Crippen LogP contribution >= 0.6 is 0 Å². The molecule has 0 unspecified atom stereocenters. The van der Waals surface area contributed by atoms with E-state index in [0.29, 0.717) is 18.7 Å². The third-order valence-corrected chi connectivity index (χ3v) is 3.22. The zero-order valence-corrected chi connectivity index (χ0v) is 11.6. The molecule has 4 heteroatoms. The Morgan fingerprint density at radius 1 is 1.25 bits per heavy atom. The second-order valence-corrected chi connectivity index (χ2v) is 4.74. The molecule has 0 atom stereocenters. The minimum atomic E-state index is 0.0178. The molecular weight excluding hydrogens is 250 g/mol. The highest BCUT2D eigenvalue weighted by atomic mass is 16.2. The predicted molar refractivity (Wildman–Crippen MR) is 79.2 cm³/mol. The van der Waals surface area contributed by atoms with Crippen molar-refractivity contribution < 1.29 is 4.79 Å². The van der Waals surface area contributed by atoms with Crippen LogP contribution in [0.3, 0.4) is 0 Å². The van der Waals surface area contributed by atoms with Gasteiger partial charge in [0.2, 0.25) is 0 Å². The van der Waals surface area contributed by atoms with Gasteiger partial charge in [-0.25, -0.2) is 0 Å². The van der Waals surface area contributed by atoms with Crippen LogP contribution in [0.25, 0.3) is 0 Å². The molecule has 1 aromatic heterocycles. The number of likely N-dealkylation sites (N-methyl/N-ethyl adjacent to an activating group) is 1. The third-order valence-electron chi connectivity index (χ3n) is 3.22. The Labute approximate surface area is 119 Å². The number of nitrogens with two attached hydrogens (primary N) is 1. The lowest BCUT2D eigenvalue weighted by atomic mass is 10.1. The van der Waals surface area contributed by atoms with Crippen LogP contribution in [0, 0.1) is 0 Å². The summed E-state index contributed by atoms with van der Waals surface area (Å²) < 4.78 is 0. The Balaban J connectivity index is 1.98. The predicted octanol–water partition coefficient (Wildman–Crippen LogP) is 1.85. The third kappa shape index (κ3) is 3.65. The number of nitrogens with zero attached hydrogens (tertiary/aromatic N) is 2. The van der Waals surface area contributed by atoms with Crippen molar-refractivity contribution in [1.29, 1.82) is 0 Å². The second kappa shape index (κ2) is 6.82. The van der Waals surface area contributed by atoms with Gasteiger partial charge in [0.15, 0.2) is 0 Å². The molecule has 0 fully saturated rings. The lowest BCUT2D eigenvalue weighted by molar-refractivity contribution is 0.0796. The molecule has 0 aliphatic rings. The van der Waals surface area contributed by atoms with Gasteiger partial charge < -0.3 is 10.6 Å². The minimum Gasteiger partial charge on any atom is -0.341 e. The van der Waals surface area contributed by atoms with E-state index in [1.54, 1.807) is 11.1 Å². The molecule has 2 rings (SSSR count). The van der Waals surface area contributed by atoms with Gasteiger partial charge in [-0.05, 0) is 35.7 Å². The van der Waals surface area contributed by atoms with E-state index in [4.69, 9.17) is 5.73 Å². The van der Waals surface area contributed by atoms with E-state index >= 15 is 0 Å². The first-order chi connectivity index (χ1) is 9.70. The maximum absolute atomic E-state index is 12.3. The summed E-state index contributed by atoms with van der Waals surface area (Å²) in [7, 11) is 1.81. The molecule has 0 aliphatic heterocycles. The number of benzene rings is 1. The smallest absolute Gasteiger partial charge is 0.253 e. The van der Waals surface area contributed by atoms with Gasteiger partial charge in [0.25, 0.3) is 5.91 Å². The summed E-state index contributed by atoms with van der Waals surface area (Å²) in [6.45, 7) is 1.11. The van der Waals surface area contributed by atoms with Gasteiger partial charge in [-0.2, -0.15) is 0 Å². The first-order valence-electron chi connectivity index (χ1n) is 6.64. The van der Waals surface area contributed by atoms with E-state index in [0.717, 1.165) is 17.5 Å². The quantitative estimate of drug-likeness (QED) is 0.901. The summed E-state index contributed by atoms with van der Waals surface area (Å²) >= 11 is 0. The average molecular weight is 269 g/mol. The molecule has 104 valence electrons. The lowest BCUT2D eigenvalue weighted by Crippen LogP contribution is -2.29. The number of pyridine rings is 1. The highest BCUT2D eigenvalue weighted by molar-refractivity contribution is 5.94. The number of rotatable bonds is 5. The molecule has 0 saturated heterocycles. The van der Waals surface area contributed by atoms with E-state index < -0.39 is 0 Å². The molecule has 20 heavy (non-hydrogen) atoms. The van der Waals surface area contributed by atoms with Crippen LogP contribution in [0.2, 0.25) is 0 Å². The topological polar surface area (TPSA) is 59.2 Å². The number of carbonyl (C=O) groups is 1. The minimum absolute atomic E-state index is 0.0178. The molecule has 1 heterocycles. The van der Waals surface area contributed by atoms with Crippen molar-refractivity contribution in [3.05, 3.63) is 65.5 Å². The van der Waals surface area contributed by atoms with Gasteiger partial charge in [0, 0.05) is 38.1 Å². The molecule has 0 bridgehead atoms. The molecule has 1 aromatic carbocycles.